The van der Waals surface area contributed by atoms with Gasteiger partial charge in [0.15, 0.2) is 0 Å². The molecule has 0 radical (unpaired) electrons. The van der Waals surface area contributed by atoms with Crippen LogP contribution in [0.2, 0.25) is 0 Å². The van der Waals surface area contributed by atoms with Crippen LogP contribution in [0.25, 0.3) is 55.0 Å². The third-order valence-corrected chi connectivity index (χ3v) is 6.00. The van der Waals surface area contributed by atoms with Crippen molar-refractivity contribution in [3.8, 4) is 11.1 Å². The second-order valence-corrected chi connectivity index (χ2v) is 8.49. The summed E-state index contributed by atoms with van der Waals surface area (Å²) >= 11 is 2.39. The second kappa shape index (κ2) is 5.85. The first-order valence-electron chi connectivity index (χ1n) is 9.21. The van der Waals surface area contributed by atoms with Crippen molar-refractivity contribution in [3.63, 3.8) is 0 Å². The van der Waals surface area contributed by atoms with E-state index < -0.39 is 0 Å². The lowest BCUT2D eigenvalue weighted by Crippen LogP contribution is -1.82. The van der Waals surface area contributed by atoms with Crippen LogP contribution in [0.5, 0.6) is 0 Å². The minimum Gasteiger partial charge on any atom is -0.456 e. The first kappa shape index (κ1) is 16.2. The highest BCUT2D eigenvalue weighted by molar-refractivity contribution is 14.1. The number of aryl methyl sites for hydroxylation is 1. The lowest BCUT2D eigenvalue weighted by atomic mass is 10.00. The SMILES string of the molecule is Cc1ccc2oc3ccc(-c4cc(I)cc5c4oc4ccccc45)cc3c2c1. The van der Waals surface area contributed by atoms with E-state index >= 15 is 0 Å². The smallest absolute Gasteiger partial charge is 0.143 e. The Morgan fingerprint density at radius 3 is 2.29 bits per heavy atom. The monoisotopic (exact) mass is 474 g/mol. The molecule has 0 atom stereocenters. The van der Waals surface area contributed by atoms with E-state index in [4.69, 9.17) is 8.83 Å². The van der Waals surface area contributed by atoms with Crippen molar-refractivity contribution in [2.45, 2.75) is 6.92 Å². The minimum absolute atomic E-state index is 0.913. The van der Waals surface area contributed by atoms with Gasteiger partial charge in [-0.05, 0) is 77.5 Å². The van der Waals surface area contributed by atoms with E-state index in [0.717, 1.165) is 55.0 Å². The van der Waals surface area contributed by atoms with Gasteiger partial charge in [0.1, 0.15) is 22.3 Å². The molecule has 28 heavy (non-hydrogen) atoms. The Morgan fingerprint density at radius 2 is 1.39 bits per heavy atom. The van der Waals surface area contributed by atoms with Crippen LogP contribution in [0, 0.1) is 10.5 Å². The Labute approximate surface area is 174 Å². The molecule has 0 N–H and O–H groups in total. The zero-order valence-electron chi connectivity index (χ0n) is 15.1. The summed E-state index contributed by atoms with van der Waals surface area (Å²) in [6.07, 6.45) is 0. The van der Waals surface area contributed by atoms with Crippen molar-refractivity contribution >= 4 is 66.5 Å². The van der Waals surface area contributed by atoms with E-state index in [-0.39, 0.29) is 0 Å². The number of fused-ring (bicyclic) bond motifs is 6. The van der Waals surface area contributed by atoms with Crippen LogP contribution in [0.15, 0.2) is 81.6 Å². The topological polar surface area (TPSA) is 26.3 Å². The van der Waals surface area contributed by atoms with Crippen LogP contribution in [-0.2, 0) is 0 Å². The molecule has 0 bridgehead atoms. The zero-order chi connectivity index (χ0) is 18.8. The van der Waals surface area contributed by atoms with E-state index in [1.54, 1.807) is 0 Å². The van der Waals surface area contributed by atoms with Crippen LogP contribution < -0.4 is 0 Å². The second-order valence-electron chi connectivity index (χ2n) is 7.24. The Balaban J connectivity index is 1.69. The molecule has 3 heteroatoms. The first-order chi connectivity index (χ1) is 13.7. The molecule has 0 aliphatic carbocycles. The van der Waals surface area contributed by atoms with E-state index in [9.17, 15) is 0 Å². The maximum Gasteiger partial charge on any atom is 0.143 e. The third kappa shape index (κ3) is 2.32. The van der Waals surface area contributed by atoms with Gasteiger partial charge >= 0.3 is 0 Å². The highest BCUT2D eigenvalue weighted by Crippen LogP contribution is 2.39. The van der Waals surface area contributed by atoms with Gasteiger partial charge in [-0.25, -0.2) is 0 Å². The van der Waals surface area contributed by atoms with E-state index in [1.807, 2.05) is 18.2 Å². The highest BCUT2D eigenvalue weighted by Gasteiger charge is 2.15. The predicted octanol–water partition coefficient (Wildman–Crippen LogP) is 8.07. The van der Waals surface area contributed by atoms with E-state index in [2.05, 4.69) is 84.1 Å². The molecule has 0 saturated carbocycles. The Bertz CT molecular complexity index is 1530. The molecule has 0 aliphatic heterocycles. The van der Waals surface area contributed by atoms with Crippen LogP contribution in [-0.4, -0.2) is 0 Å². The maximum atomic E-state index is 6.27. The summed E-state index contributed by atoms with van der Waals surface area (Å²) in [7, 11) is 0. The molecule has 134 valence electrons. The molecule has 0 saturated heterocycles. The molecule has 4 aromatic carbocycles. The van der Waals surface area contributed by atoms with Gasteiger partial charge in [-0.1, -0.05) is 35.9 Å². The number of furan rings is 2. The summed E-state index contributed by atoms with van der Waals surface area (Å²) in [5.41, 5.74) is 7.18. The van der Waals surface area contributed by atoms with Crippen molar-refractivity contribution in [2.24, 2.45) is 0 Å². The van der Waals surface area contributed by atoms with Gasteiger partial charge in [0.2, 0.25) is 0 Å². The normalized spacial score (nSPS) is 11.9. The van der Waals surface area contributed by atoms with Gasteiger partial charge in [0, 0.05) is 30.7 Å². The Hall–Kier alpha value is -2.79. The van der Waals surface area contributed by atoms with Crippen molar-refractivity contribution in [1.29, 1.82) is 0 Å². The number of para-hydroxylation sites is 1. The standard InChI is InChI=1S/C25H15IO2/c1-14-6-8-23-19(10-14)20-11-15(7-9-24(20)27-23)18-12-16(26)13-21-17-4-2-3-5-22(17)28-25(18)21/h2-13H,1H3. The molecular formula is C25H15IO2. The molecule has 6 rings (SSSR count). The summed E-state index contributed by atoms with van der Waals surface area (Å²) in [6, 6.07) is 25.3. The zero-order valence-corrected chi connectivity index (χ0v) is 17.3. The molecule has 0 amide bonds. The quantitative estimate of drug-likeness (QED) is 0.225. The highest BCUT2D eigenvalue weighted by atomic mass is 127. The number of halogens is 1. The summed E-state index contributed by atoms with van der Waals surface area (Å²) < 4.78 is 13.5. The molecule has 2 nitrogen and oxygen atoms in total. The Morgan fingerprint density at radius 1 is 0.643 bits per heavy atom. The average molecular weight is 474 g/mol. The first-order valence-corrected chi connectivity index (χ1v) is 10.3. The predicted molar refractivity (Wildman–Crippen MR) is 124 cm³/mol. The average Bonchev–Trinajstić information content (AvgIpc) is 3.25. The summed E-state index contributed by atoms with van der Waals surface area (Å²) in [5.74, 6) is 0. The van der Waals surface area contributed by atoms with E-state index in [0.29, 0.717) is 0 Å². The van der Waals surface area contributed by atoms with Crippen LogP contribution in [0.1, 0.15) is 5.56 Å². The lowest BCUT2D eigenvalue weighted by Gasteiger charge is -2.05. The van der Waals surface area contributed by atoms with Crippen LogP contribution in [0.4, 0.5) is 0 Å². The van der Waals surface area contributed by atoms with Crippen molar-refractivity contribution in [2.75, 3.05) is 0 Å². The third-order valence-electron chi connectivity index (χ3n) is 5.38. The Kier molecular flexibility index (Phi) is 3.38. The summed E-state index contributed by atoms with van der Waals surface area (Å²) in [5, 5.41) is 4.61. The van der Waals surface area contributed by atoms with E-state index in [1.165, 1.54) is 9.13 Å². The summed E-state index contributed by atoms with van der Waals surface area (Å²) in [4.78, 5) is 0. The fraction of sp³-hybridized carbons (Fsp3) is 0.0400. The maximum absolute atomic E-state index is 6.27. The number of hydrogen-bond donors (Lipinski definition) is 0. The number of rotatable bonds is 1. The van der Waals surface area contributed by atoms with Crippen molar-refractivity contribution in [1.82, 2.24) is 0 Å². The lowest BCUT2D eigenvalue weighted by molar-refractivity contribution is 0.668. The van der Waals surface area contributed by atoms with Gasteiger partial charge in [-0.3, -0.25) is 0 Å². The van der Waals surface area contributed by atoms with Crippen LogP contribution in [0.3, 0.4) is 0 Å². The fourth-order valence-electron chi connectivity index (χ4n) is 4.06. The van der Waals surface area contributed by atoms with Gasteiger partial charge in [-0.15, -0.1) is 0 Å². The minimum atomic E-state index is 0.913. The fourth-order valence-corrected chi connectivity index (χ4v) is 4.69. The number of hydrogen-bond acceptors (Lipinski definition) is 2. The van der Waals surface area contributed by atoms with Crippen LogP contribution >= 0.6 is 22.6 Å². The molecule has 6 aromatic rings. The van der Waals surface area contributed by atoms with Crippen molar-refractivity contribution < 1.29 is 8.83 Å². The number of benzene rings is 4. The molecule has 0 fully saturated rings. The van der Waals surface area contributed by atoms with Gasteiger partial charge < -0.3 is 8.83 Å². The summed E-state index contributed by atoms with van der Waals surface area (Å²) in [6.45, 7) is 2.11. The molecular weight excluding hydrogens is 459 g/mol. The van der Waals surface area contributed by atoms with Crippen molar-refractivity contribution in [3.05, 3.63) is 81.9 Å². The van der Waals surface area contributed by atoms with Gasteiger partial charge in [0.25, 0.3) is 0 Å². The largest absolute Gasteiger partial charge is 0.456 e. The molecule has 2 aromatic heterocycles. The molecule has 2 heterocycles. The molecule has 0 unspecified atom stereocenters. The molecule has 0 spiro atoms. The molecule has 0 aliphatic rings. The van der Waals surface area contributed by atoms with Gasteiger partial charge in [0.05, 0.1) is 0 Å². The van der Waals surface area contributed by atoms with Gasteiger partial charge in [-0.2, -0.15) is 0 Å².